The molecule has 4 heteroatoms. The minimum atomic E-state index is -0.304. The Labute approximate surface area is 77.2 Å². The van der Waals surface area contributed by atoms with Gasteiger partial charge in [0.15, 0.2) is 0 Å². The van der Waals surface area contributed by atoms with Gasteiger partial charge in [0, 0.05) is 19.0 Å². The molecule has 1 aliphatic rings. The highest BCUT2D eigenvalue weighted by Crippen LogP contribution is 2.20. The van der Waals surface area contributed by atoms with E-state index in [4.69, 9.17) is 4.74 Å². The molecule has 4 nitrogen and oxygen atoms in total. The Morgan fingerprint density at radius 2 is 2.54 bits per heavy atom. The summed E-state index contributed by atoms with van der Waals surface area (Å²) in [7, 11) is 0. The average Bonchev–Trinajstić information content (AvgIpc) is 2.52. The van der Waals surface area contributed by atoms with Crippen LogP contribution in [0.5, 0.6) is 0 Å². The van der Waals surface area contributed by atoms with Crippen molar-refractivity contribution in [1.82, 2.24) is 9.55 Å². The Hall–Kier alpha value is -0.870. The van der Waals surface area contributed by atoms with E-state index in [9.17, 15) is 5.11 Å². The van der Waals surface area contributed by atoms with E-state index < -0.39 is 0 Å². The Bertz CT molecular complexity index is 285. The molecule has 72 valence electrons. The lowest BCUT2D eigenvalue weighted by molar-refractivity contribution is -0.0296. The predicted molar refractivity (Wildman–Crippen MR) is 47.4 cm³/mol. The topological polar surface area (TPSA) is 47.3 Å². The third-order valence-corrected chi connectivity index (χ3v) is 2.51. The number of ether oxygens (including phenoxy) is 1. The molecule has 0 aromatic carbocycles. The van der Waals surface area contributed by atoms with Gasteiger partial charge in [0.05, 0.1) is 18.8 Å². The highest BCUT2D eigenvalue weighted by atomic mass is 16.5. The van der Waals surface area contributed by atoms with E-state index in [-0.39, 0.29) is 12.1 Å². The second kappa shape index (κ2) is 3.47. The highest BCUT2D eigenvalue weighted by molar-refractivity contribution is 4.95. The Kier molecular flexibility index (Phi) is 2.33. The molecule has 13 heavy (non-hydrogen) atoms. The number of rotatable bonds is 1. The maximum Gasteiger partial charge on any atom is 0.105 e. The zero-order valence-electron chi connectivity index (χ0n) is 7.68. The van der Waals surface area contributed by atoms with Crippen molar-refractivity contribution in [2.45, 2.75) is 25.5 Å². The number of aliphatic hydroxyl groups excluding tert-OH is 1. The summed E-state index contributed by atoms with van der Waals surface area (Å²) >= 11 is 0. The van der Waals surface area contributed by atoms with Gasteiger partial charge in [-0.15, -0.1) is 0 Å². The van der Waals surface area contributed by atoms with E-state index in [1.54, 1.807) is 6.20 Å². The van der Waals surface area contributed by atoms with E-state index in [1.807, 2.05) is 17.7 Å². The fraction of sp³-hybridized carbons (Fsp3) is 0.667. The van der Waals surface area contributed by atoms with Crippen LogP contribution < -0.4 is 0 Å². The number of imidazole rings is 1. The summed E-state index contributed by atoms with van der Waals surface area (Å²) in [4.78, 5) is 4.12. The minimum absolute atomic E-state index is 0.0382. The van der Waals surface area contributed by atoms with Crippen molar-refractivity contribution >= 4 is 0 Å². The number of aromatic nitrogens is 2. The number of hydrogen-bond acceptors (Lipinski definition) is 3. The van der Waals surface area contributed by atoms with E-state index in [0.29, 0.717) is 19.6 Å². The summed E-state index contributed by atoms with van der Waals surface area (Å²) in [5, 5.41) is 9.74. The first kappa shape index (κ1) is 8.72. The van der Waals surface area contributed by atoms with Gasteiger partial charge >= 0.3 is 0 Å². The summed E-state index contributed by atoms with van der Waals surface area (Å²) < 4.78 is 7.30. The fourth-order valence-corrected chi connectivity index (χ4v) is 1.72. The van der Waals surface area contributed by atoms with Crippen LogP contribution in [0.3, 0.4) is 0 Å². The van der Waals surface area contributed by atoms with Crippen LogP contribution >= 0.6 is 0 Å². The molecule has 0 bridgehead atoms. The quantitative estimate of drug-likeness (QED) is 0.688. The SMILES string of the molecule is Cc1nccn1C1COCCC1O. The molecule has 0 radical (unpaired) electrons. The zero-order valence-corrected chi connectivity index (χ0v) is 7.68. The summed E-state index contributed by atoms with van der Waals surface area (Å²) in [5.41, 5.74) is 0. The van der Waals surface area contributed by atoms with Crippen molar-refractivity contribution in [3.05, 3.63) is 18.2 Å². The van der Waals surface area contributed by atoms with Gasteiger partial charge in [-0.3, -0.25) is 0 Å². The first-order chi connectivity index (χ1) is 6.29. The molecule has 0 aliphatic carbocycles. The van der Waals surface area contributed by atoms with E-state index in [1.165, 1.54) is 0 Å². The number of aliphatic hydroxyl groups is 1. The van der Waals surface area contributed by atoms with Gasteiger partial charge in [0.1, 0.15) is 5.82 Å². The van der Waals surface area contributed by atoms with Crippen LogP contribution in [-0.4, -0.2) is 34.0 Å². The lowest BCUT2D eigenvalue weighted by Crippen LogP contribution is -2.34. The van der Waals surface area contributed by atoms with Gasteiger partial charge < -0.3 is 14.4 Å². The molecule has 2 rings (SSSR count). The third-order valence-electron chi connectivity index (χ3n) is 2.51. The van der Waals surface area contributed by atoms with Crippen molar-refractivity contribution in [3.63, 3.8) is 0 Å². The van der Waals surface area contributed by atoms with Gasteiger partial charge in [-0.2, -0.15) is 0 Å². The van der Waals surface area contributed by atoms with Crippen LogP contribution in [0.25, 0.3) is 0 Å². The monoisotopic (exact) mass is 182 g/mol. The van der Waals surface area contributed by atoms with Crippen LogP contribution in [0.2, 0.25) is 0 Å². The van der Waals surface area contributed by atoms with Crippen molar-refractivity contribution in [3.8, 4) is 0 Å². The predicted octanol–water partition coefficient (Wildman–Crippen LogP) is 0.514. The molecule has 2 heterocycles. The van der Waals surface area contributed by atoms with Crippen LogP contribution in [0.4, 0.5) is 0 Å². The third kappa shape index (κ3) is 1.59. The van der Waals surface area contributed by atoms with Crippen LogP contribution in [-0.2, 0) is 4.74 Å². The summed E-state index contributed by atoms with van der Waals surface area (Å²) in [6.07, 6.45) is 4.04. The number of nitrogens with zero attached hydrogens (tertiary/aromatic N) is 2. The molecule has 0 amide bonds. The van der Waals surface area contributed by atoms with Gasteiger partial charge in [0.2, 0.25) is 0 Å². The lowest BCUT2D eigenvalue weighted by Gasteiger charge is -2.29. The summed E-state index contributed by atoms with van der Waals surface area (Å²) in [5.74, 6) is 0.926. The normalized spacial score (nSPS) is 29.1. The first-order valence-electron chi connectivity index (χ1n) is 4.54. The summed E-state index contributed by atoms with van der Waals surface area (Å²) in [6.45, 7) is 3.17. The van der Waals surface area contributed by atoms with Crippen LogP contribution in [0, 0.1) is 6.92 Å². The van der Waals surface area contributed by atoms with E-state index in [2.05, 4.69) is 4.98 Å². The molecule has 2 atom stereocenters. The molecule has 2 unspecified atom stereocenters. The summed E-state index contributed by atoms with van der Waals surface area (Å²) in [6, 6.07) is 0.0382. The molecule has 1 aromatic heterocycles. The maximum atomic E-state index is 9.74. The molecule has 1 aliphatic heterocycles. The van der Waals surface area contributed by atoms with Crippen molar-refractivity contribution in [2.24, 2.45) is 0 Å². The number of hydrogen-bond donors (Lipinski definition) is 1. The number of aryl methyl sites for hydroxylation is 1. The Balaban J connectivity index is 2.19. The molecule has 0 saturated carbocycles. The van der Waals surface area contributed by atoms with Crippen molar-refractivity contribution in [2.75, 3.05) is 13.2 Å². The zero-order chi connectivity index (χ0) is 9.26. The molecular formula is C9H14N2O2. The van der Waals surface area contributed by atoms with Crippen molar-refractivity contribution in [1.29, 1.82) is 0 Å². The smallest absolute Gasteiger partial charge is 0.105 e. The van der Waals surface area contributed by atoms with Gasteiger partial charge in [0.25, 0.3) is 0 Å². The van der Waals surface area contributed by atoms with Crippen LogP contribution in [0.1, 0.15) is 18.3 Å². The lowest BCUT2D eigenvalue weighted by atomic mass is 10.1. The van der Waals surface area contributed by atoms with Gasteiger partial charge in [-0.1, -0.05) is 0 Å². The maximum absolute atomic E-state index is 9.74. The van der Waals surface area contributed by atoms with Crippen molar-refractivity contribution < 1.29 is 9.84 Å². The Morgan fingerprint density at radius 1 is 1.69 bits per heavy atom. The first-order valence-corrected chi connectivity index (χ1v) is 4.54. The standard InChI is InChI=1S/C9H14N2O2/c1-7-10-3-4-11(7)8-6-13-5-2-9(8)12/h3-4,8-9,12H,2,5-6H2,1H3. The molecule has 1 fully saturated rings. The molecule has 0 spiro atoms. The van der Waals surface area contributed by atoms with Gasteiger partial charge in [-0.25, -0.2) is 4.98 Å². The van der Waals surface area contributed by atoms with E-state index >= 15 is 0 Å². The second-order valence-electron chi connectivity index (χ2n) is 3.38. The average molecular weight is 182 g/mol. The molecule has 1 N–H and O–H groups in total. The molecule has 1 aromatic rings. The molecule has 1 saturated heterocycles. The second-order valence-corrected chi connectivity index (χ2v) is 3.38. The largest absolute Gasteiger partial charge is 0.391 e. The fourth-order valence-electron chi connectivity index (χ4n) is 1.72. The Morgan fingerprint density at radius 3 is 3.15 bits per heavy atom. The molecular weight excluding hydrogens is 168 g/mol. The van der Waals surface area contributed by atoms with Crippen LogP contribution in [0.15, 0.2) is 12.4 Å². The minimum Gasteiger partial charge on any atom is -0.391 e. The van der Waals surface area contributed by atoms with Gasteiger partial charge in [-0.05, 0) is 13.3 Å². The highest BCUT2D eigenvalue weighted by Gasteiger charge is 2.25. The van der Waals surface area contributed by atoms with E-state index in [0.717, 1.165) is 5.82 Å².